The zero-order valence-electron chi connectivity index (χ0n) is 10.3. The Morgan fingerprint density at radius 3 is 2.40 bits per heavy atom. The number of hydrogen-bond acceptors (Lipinski definition) is 3. The number of carbonyl (C=O) groups excluding carboxylic acids is 1. The average Bonchev–Trinajstić information content (AvgIpc) is 2.43. The Labute approximate surface area is 92.0 Å². The predicted octanol–water partition coefficient (Wildman–Crippen LogP) is 1.46. The number of likely N-dealkylation sites (N-methyl/N-ethyl adjacent to an activating group) is 1. The zero-order chi connectivity index (χ0) is 11.6. The van der Waals surface area contributed by atoms with Crippen LogP contribution in [0.3, 0.4) is 0 Å². The quantitative estimate of drug-likeness (QED) is 0.718. The van der Waals surface area contributed by atoms with Gasteiger partial charge in [0.15, 0.2) is 0 Å². The minimum absolute atomic E-state index is 0.202. The van der Waals surface area contributed by atoms with Crippen molar-refractivity contribution in [3.05, 3.63) is 0 Å². The Morgan fingerprint density at radius 2 is 2.00 bits per heavy atom. The molecule has 0 aromatic rings. The van der Waals surface area contributed by atoms with Crippen molar-refractivity contribution in [2.24, 2.45) is 5.92 Å². The van der Waals surface area contributed by atoms with Crippen LogP contribution < -0.4 is 5.32 Å². The molecule has 1 N–H and O–H groups in total. The minimum Gasteiger partial charge on any atom is -0.444 e. The van der Waals surface area contributed by atoms with E-state index < -0.39 is 5.60 Å². The SMILES string of the molecule is CN[C@H]1CN(C(=O)OC(C)(C)C)C[C@H]1C. The summed E-state index contributed by atoms with van der Waals surface area (Å²) < 4.78 is 5.32. The van der Waals surface area contributed by atoms with Crippen molar-refractivity contribution in [3.8, 4) is 0 Å². The summed E-state index contributed by atoms with van der Waals surface area (Å²) in [6.07, 6.45) is -0.202. The van der Waals surface area contributed by atoms with Gasteiger partial charge in [0.1, 0.15) is 5.60 Å². The third-order valence-electron chi connectivity index (χ3n) is 2.63. The molecular weight excluding hydrogens is 192 g/mol. The molecule has 1 fully saturated rings. The van der Waals surface area contributed by atoms with Crippen LogP contribution in [0.4, 0.5) is 4.79 Å². The van der Waals surface area contributed by atoms with Gasteiger partial charge in [-0.05, 0) is 33.7 Å². The third-order valence-corrected chi connectivity index (χ3v) is 2.63. The first kappa shape index (κ1) is 12.3. The Morgan fingerprint density at radius 1 is 1.40 bits per heavy atom. The van der Waals surface area contributed by atoms with E-state index in [1.165, 1.54) is 0 Å². The van der Waals surface area contributed by atoms with Crippen LogP contribution in [0, 0.1) is 5.92 Å². The molecule has 4 nitrogen and oxygen atoms in total. The maximum absolute atomic E-state index is 11.7. The third kappa shape index (κ3) is 3.38. The van der Waals surface area contributed by atoms with Gasteiger partial charge in [-0.1, -0.05) is 6.92 Å². The van der Waals surface area contributed by atoms with Crippen molar-refractivity contribution in [1.29, 1.82) is 0 Å². The maximum atomic E-state index is 11.7. The normalized spacial score (nSPS) is 26.9. The maximum Gasteiger partial charge on any atom is 0.410 e. The minimum atomic E-state index is -0.405. The number of nitrogens with zero attached hydrogens (tertiary/aromatic N) is 1. The Bertz CT molecular complexity index is 235. The highest BCUT2D eigenvalue weighted by molar-refractivity contribution is 5.68. The molecule has 88 valence electrons. The first-order valence-corrected chi connectivity index (χ1v) is 5.48. The van der Waals surface area contributed by atoms with Crippen molar-refractivity contribution < 1.29 is 9.53 Å². The number of likely N-dealkylation sites (tertiary alicyclic amines) is 1. The molecule has 2 atom stereocenters. The Hall–Kier alpha value is -0.770. The summed E-state index contributed by atoms with van der Waals surface area (Å²) in [5, 5.41) is 3.21. The molecule has 4 heteroatoms. The molecule has 1 rings (SSSR count). The van der Waals surface area contributed by atoms with Crippen molar-refractivity contribution in [3.63, 3.8) is 0 Å². The van der Waals surface area contributed by atoms with E-state index in [-0.39, 0.29) is 6.09 Å². The van der Waals surface area contributed by atoms with Gasteiger partial charge in [0.2, 0.25) is 0 Å². The van der Waals surface area contributed by atoms with Crippen molar-refractivity contribution >= 4 is 6.09 Å². The summed E-state index contributed by atoms with van der Waals surface area (Å²) in [5.41, 5.74) is -0.405. The lowest BCUT2D eigenvalue weighted by Gasteiger charge is -2.24. The van der Waals surface area contributed by atoms with Crippen molar-refractivity contribution in [2.45, 2.75) is 39.3 Å². The smallest absolute Gasteiger partial charge is 0.410 e. The van der Waals surface area contributed by atoms with Crippen LogP contribution in [-0.2, 0) is 4.74 Å². The summed E-state index contributed by atoms with van der Waals surface area (Å²) in [4.78, 5) is 13.5. The zero-order valence-corrected chi connectivity index (χ0v) is 10.3. The van der Waals surface area contributed by atoms with E-state index in [0.717, 1.165) is 13.1 Å². The highest BCUT2D eigenvalue weighted by Gasteiger charge is 2.33. The molecule has 1 heterocycles. The number of carbonyl (C=O) groups is 1. The highest BCUT2D eigenvalue weighted by atomic mass is 16.6. The molecule has 1 saturated heterocycles. The van der Waals surface area contributed by atoms with Gasteiger partial charge in [0.25, 0.3) is 0 Å². The van der Waals surface area contributed by atoms with Gasteiger partial charge in [0.05, 0.1) is 0 Å². The lowest BCUT2D eigenvalue weighted by Crippen LogP contribution is -2.37. The monoisotopic (exact) mass is 214 g/mol. The molecule has 0 aliphatic carbocycles. The molecule has 15 heavy (non-hydrogen) atoms. The molecule has 1 aliphatic heterocycles. The van der Waals surface area contributed by atoms with E-state index in [1.54, 1.807) is 4.90 Å². The molecule has 0 radical (unpaired) electrons. The van der Waals surface area contributed by atoms with E-state index in [2.05, 4.69) is 12.2 Å². The van der Waals surface area contributed by atoms with E-state index in [4.69, 9.17) is 4.74 Å². The summed E-state index contributed by atoms with van der Waals surface area (Å²) >= 11 is 0. The first-order valence-electron chi connectivity index (χ1n) is 5.48. The van der Waals surface area contributed by atoms with Crippen LogP contribution in [0.1, 0.15) is 27.7 Å². The van der Waals surface area contributed by atoms with Crippen LogP contribution in [0.15, 0.2) is 0 Å². The van der Waals surface area contributed by atoms with Crippen LogP contribution in [0.2, 0.25) is 0 Å². The molecule has 1 aliphatic rings. The number of rotatable bonds is 1. The van der Waals surface area contributed by atoms with Gasteiger partial charge < -0.3 is 15.0 Å². The van der Waals surface area contributed by atoms with Crippen LogP contribution in [0.25, 0.3) is 0 Å². The average molecular weight is 214 g/mol. The second kappa shape index (κ2) is 4.39. The van der Waals surface area contributed by atoms with Crippen LogP contribution in [-0.4, -0.2) is 42.8 Å². The van der Waals surface area contributed by atoms with Gasteiger partial charge in [0, 0.05) is 19.1 Å². The lowest BCUT2D eigenvalue weighted by atomic mass is 10.1. The van der Waals surface area contributed by atoms with Gasteiger partial charge in [-0.2, -0.15) is 0 Å². The molecule has 0 aromatic heterocycles. The largest absolute Gasteiger partial charge is 0.444 e. The number of amides is 1. The fourth-order valence-electron chi connectivity index (χ4n) is 1.82. The van der Waals surface area contributed by atoms with Crippen LogP contribution >= 0.6 is 0 Å². The molecule has 1 amide bonds. The van der Waals surface area contributed by atoms with E-state index in [1.807, 2.05) is 27.8 Å². The van der Waals surface area contributed by atoms with Crippen molar-refractivity contribution in [2.75, 3.05) is 20.1 Å². The van der Waals surface area contributed by atoms with Gasteiger partial charge >= 0.3 is 6.09 Å². The fourth-order valence-corrected chi connectivity index (χ4v) is 1.82. The molecule has 0 bridgehead atoms. The second-order valence-corrected chi connectivity index (χ2v) is 5.26. The standard InChI is InChI=1S/C11H22N2O2/c1-8-6-13(7-9(8)12-5)10(14)15-11(2,3)4/h8-9,12H,6-7H2,1-5H3/t8-,9+/m1/s1. The highest BCUT2D eigenvalue weighted by Crippen LogP contribution is 2.19. The van der Waals surface area contributed by atoms with Crippen LogP contribution in [0.5, 0.6) is 0 Å². The molecule has 0 saturated carbocycles. The molecular formula is C11H22N2O2. The number of ether oxygens (including phenoxy) is 1. The predicted molar refractivity (Wildman–Crippen MR) is 59.8 cm³/mol. The van der Waals surface area contributed by atoms with Crippen molar-refractivity contribution in [1.82, 2.24) is 10.2 Å². The molecule has 0 unspecified atom stereocenters. The summed E-state index contributed by atoms with van der Waals surface area (Å²) in [6.45, 7) is 9.33. The Kier molecular flexibility index (Phi) is 3.60. The molecule has 0 spiro atoms. The Balaban J connectivity index is 2.50. The van der Waals surface area contributed by atoms with Gasteiger partial charge in [-0.3, -0.25) is 0 Å². The van der Waals surface area contributed by atoms with E-state index in [9.17, 15) is 4.79 Å². The second-order valence-electron chi connectivity index (χ2n) is 5.26. The topological polar surface area (TPSA) is 41.6 Å². The fraction of sp³-hybridized carbons (Fsp3) is 0.909. The summed E-state index contributed by atoms with van der Waals surface area (Å²) in [6, 6.07) is 0.387. The van der Waals surface area contributed by atoms with E-state index in [0.29, 0.717) is 12.0 Å². The van der Waals surface area contributed by atoms with Gasteiger partial charge in [-0.25, -0.2) is 4.79 Å². The number of nitrogens with one attached hydrogen (secondary N) is 1. The van der Waals surface area contributed by atoms with E-state index >= 15 is 0 Å². The first-order chi connectivity index (χ1) is 6.83. The lowest BCUT2D eigenvalue weighted by molar-refractivity contribution is 0.0287. The number of hydrogen-bond donors (Lipinski definition) is 1. The van der Waals surface area contributed by atoms with Gasteiger partial charge in [-0.15, -0.1) is 0 Å². The summed E-state index contributed by atoms with van der Waals surface area (Å²) in [7, 11) is 1.93. The summed E-state index contributed by atoms with van der Waals surface area (Å²) in [5.74, 6) is 0.488. The molecule has 0 aromatic carbocycles.